The van der Waals surface area contributed by atoms with E-state index in [0.29, 0.717) is 11.3 Å². The predicted molar refractivity (Wildman–Crippen MR) is 48.5 cm³/mol. The van der Waals surface area contributed by atoms with Crippen molar-refractivity contribution in [3.05, 3.63) is 35.9 Å². The van der Waals surface area contributed by atoms with E-state index >= 15 is 0 Å². The van der Waals surface area contributed by atoms with Crippen LogP contribution in [-0.4, -0.2) is 13.4 Å². The van der Waals surface area contributed by atoms with Crippen molar-refractivity contribution in [1.29, 1.82) is 0 Å². The number of hydrogen-bond donors (Lipinski definition) is 0. The largest absolute Gasteiger partial charge is 0.496 e. The van der Waals surface area contributed by atoms with Crippen LogP contribution < -0.4 is 4.74 Å². The summed E-state index contributed by atoms with van der Waals surface area (Å²) >= 11 is 0. The molecule has 0 unspecified atom stereocenters. The van der Waals surface area contributed by atoms with Crippen molar-refractivity contribution in [2.75, 3.05) is 7.11 Å². The van der Waals surface area contributed by atoms with Gasteiger partial charge in [0.1, 0.15) is 5.75 Å². The van der Waals surface area contributed by atoms with Crippen LogP contribution in [0.2, 0.25) is 0 Å². The van der Waals surface area contributed by atoms with Crippen LogP contribution in [0.1, 0.15) is 15.9 Å². The fourth-order valence-electron chi connectivity index (χ4n) is 1.04. The molecule has 0 amide bonds. The Hall–Kier alpha value is -1.57. The van der Waals surface area contributed by atoms with Gasteiger partial charge in [0.15, 0.2) is 6.29 Å². The molecule has 2 nitrogen and oxygen atoms in total. The molecule has 1 aromatic carbocycles. The zero-order chi connectivity index (χ0) is 8.97. The summed E-state index contributed by atoms with van der Waals surface area (Å²) in [5.41, 5.74) is 1.35. The van der Waals surface area contributed by atoms with Crippen molar-refractivity contribution in [2.45, 2.75) is 0 Å². The third kappa shape index (κ3) is 1.37. The summed E-state index contributed by atoms with van der Waals surface area (Å²) in [7, 11) is 1.54. The summed E-state index contributed by atoms with van der Waals surface area (Å²) < 4.78 is 5.00. The first kappa shape index (κ1) is 8.53. The number of ether oxygens (including phenoxy) is 1. The van der Waals surface area contributed by atoms with Crippen LogP contribution in [0.4, 0.5) is 0 Å². The summed E-state index contributed by atoms with van der Waals surface area (Å²) in [6.07, 6.45) is 2.40. The average Bonchev–Trinajstić information content (AvgIpc) is 2.16. The van der Waals surface area contributed by atoms with E-state index in [0.717, 1.165) is 11.8 Å². The van der Waals surface area contributed by atoms with Gasteiger partial charge >= 0.3 is 0 Å². The lowest BCUT2D eigenvalue weighted by Crippen LogP contribution is -1.92. The Balaban J connectivity index is 3.31. The van der Waals surface area contributed by atoms with Crippen molar-refractivity contribution in [1.82, 2.24) is 0 Å². The summed E-state index contributed by atoms with van der Waals surface area (Å²) in [6, 6.07) is 5.39. The second-order valence-electron chi connectivity index (χ2n) is 2.29. The molecule has 0 radical (unpaired) electrons. The number of aldehydes is 1. The van der Waals surface area contributed by atoms with E-state index in [1.54, 1.807) is 12.1 Å². The smallest absolute Gasteiger partial charge is 0.154 e. The molecular formula is C10H10O2. The lowest BCUT2D eigenvalue weighted by molar-refractivity contribution is 0.112. The molecule has 0 saturated heterocycles. The Morgan fingerprint density at radius 2 is 2.25 bits per heavy atom. The normalized spacial score (nSPS) is 9.08. The first-order chi connectivity index (χ1) is 5.83. The molecule has 12 heavy (non-hydrogen) atoms. The Morgan fingerprint density at radius 3 is 2.75 bits per heavy atom. The van der Waals surface area contributed by atoms with Crippen LogP contribution in [0, 0.1) is 0 Å². The van der Waals surface area contributed by atoms with Crippen LogP contribution in [-0.2, 0) is 0 Å². The molecule has 0 aliphatic carbocycles. The highest BCUT2D eigenvalue weighted by atomic mass is 16.5. The molecule has 62 valence electrons. The van der Waals surface area contributed by atoms with E-state index in [1.807, 2.05) is 12.1 Å². The number of rotatable bonds is 3. The van der Waals surface area contributed by atoms with Gasteiger partial charge in [-0.25, -0.2) is 0 Å². The monoisotopic (exact) mass is 162 g/mol. The maximum absolute atomic E-state index is 10.6. The lowest BCUT2D eigenvalue weighted by atomic mass is 10.1. The minimum Gasteiger partial charge on any atom is -0.496 e. The van der Waals surface area contributed by atoms with Gasteiger partial charge < -0.3 is 4.74 Å². The third-order valence-corrected chi connectivity index (χ3v) is 1.66. The molecule has 0 saturated carbocycles. The Morgan fingerprint density at radius 1 is 1.50 bits per heavy atom. The fraction of sp³-hybridized carbons (Fsp3) is 0.100. The number of methoxy groups -OCH3 is 1. The van der Waals surface area contributed by atoms with Gasteiger partial charge in [-0.1, -0.05) is 24.8 Å². The first-order valence-electron chi connectivity index (χ1n) is 3.58. The van der Waals surface area contributed by atoms with Crippen molar-refractivity contribution in [3.63, 3.8) is 0 Å². The molecule has 0 atom stereocenters. The van der Waals surface area contributed by atoms with E-state index in [2.05, 4.69) is 6.58 Å². The van der Waals surface area contributed by atoms with Crippen molar-refractivity contribution >= 4 is 12.4 Å². The number of carbonyl (C=O) groups is 1. The third-order valence-electron chi connectivity index (χ3n) is 1.66. The highest BCUT2D eigenvalue weighted by molar-refractivity contribution is 5.85. The van der Waals surface area contributed by atoms with Crippen LogP contribution in [0.5, 0.6) is 5.75 Å². The topological polar surface area (TPSA) is 26.3 Å². The van der Waals surface area contributed by atoms with E-state index in [4.69, 9.17) is 4.74 Å². The SMILES string of the molecule is C=Cc1cccc(OC)c1C=O. The summed E-state index contributed by atoms with van der Waals surface area (Å²) in [4.78, 5) is 10.6. The minimum atomic E-state index is 0.551. The van der Waals surface area contributed by atoms with Crippen molar-refractivity contribution in [3.8, 4) is 5.75 Å². The van der Waals surface area contributed by atoms with Crippen LogP contribution in [0.3, 0.4) is 0 Å². The molecule has 0 heterocycles. The van der Waals surface area contributed by atoms with Gasteiger partial charge in [0.05, 0.1) is 12.7 Å². The second kappa shape index (κ2) is 3.72. The molecule has 0 aromatic heterocycles. The van der Waals surface area contributed by atoms with Gasteiger partial charge in [0.2, 0.25) is 0 Å². The summed E-state index contributed by atoms with van der Waals surface area (Å²) in [5.74, 6) is 0.586. The molecule has 0 aliphatic rings. The maximum atomic E-state index is 10.6. The number of hydrogen-bond acceptors (Lipinski definition) is 2. The molecule has 2 heteroatoms. The quantitative estimate of drug-likeness (QED) is 0.636. The predicted octanol–water partition coefficient (Wildman–Crippen LogP) is 2.15. The molecule has 1 rings (SSSR count). The van der Waals surface area contributed by atoms with Gasteiger partial charge in [0, 0.05) is 0 Å². The number of carbonyl (C=O) groups excluding carboxylic acids is 1. The van der Waals surface area contributed by atoms with E-state index < -0.39 is 0 Å². The van der Waals surface area contributed by atoms with Crippen LogP contribution in [0.25, 0.3) is 6.08 Å². The average molecular weight is 162 g/mol. The highest BCUT2D eigenvalue weighted by Gasteiger charge is 2.03. The Bertz CT molecular complexity index is 303. The number of benzene rings is 1. The molecule has 0 aliphatic heterocycles. The Kier molecular flexibility index (Phi) is 2.64. The minimum absolute atomic E-state index is 0.551. The maximum Gasteiger partial charge on any atom is 0.154 e. The molecule has 0 bridgehead atoms. The van der Waals surface area contributed by atoms with Gasteiger partial charge in [-0.2, -0.15) is 0 Å². The van der Waals surface area contributed by atoms with E-state index in [-0.39, 0.29) is 0 Å². The second-order valence-corrected chi connectivity index (χ2v) is 2.29. The highest BCUT2D eigenvalue weighted by Crippen LogP contribution is 2.20. The first-order valence-corrected chi connectivity index (χ1v) is 3.58. The fourth-order valence-corrected chi connectivity index (χ4v) is 1.04. The van der Waals surface area contributed by atoms with Gasteiger partial charge in [-0.05, 0) is 11.6 Å². The van der Waals surface area contributed by atoms with Crippen LogP contribution in [0.15, 0.2) is 24.8 Å². The lowest BCUT2D eigenvalue weighted by Gasteiger charge is -2.04. The van der Waals surface area contributed by atoms with E-state index in [9.17, 15) is 4.79 Å². The van der Waals surface area contributed by atoms with Gasteiger partial charge in [-0.15, -0.1) is 0 Å². The van der Waals surface area contributed by atoms with Crippen molar-refractivity contribution in [2.24, 2.45) is 0 Å². The Labute approximate surface area is 71.5 Å². The standard InChI is InChI=1S/C10H10O2/c1-3-8-5-4-6-10(12-2)9(8)7-11/h3-7H,1H2,2H3. The zero-order valence-corrected chi connectivity index (χ0v) is 6.91. The summed E-state index contributed by atoms with van der Waals surface area (Å²) in [5, 5.41) is 0. The molecule has 1 aromatic rings. The van der Waals surface area contributed by atoms with E-state index in [1.165, 1.54) is 7.11 Å². The molecule has 0 fully saturated rings. The van der Waals surface area contributed by atoms with Crippen LogP contribution >= 0.6 is 0 Å². The van der Waals surface area contributed by atoms with Gasteiger partial charge in [0.25, 0.3) is 0 Å². The van der Waals surface area contributed by atoms with Crippen molar-refractivity contribution < 1.29 is 9.53 Å². The molecule has 0 N–H and O–H groups in total. The molecule has 0 spiro atoms. The zero-order valence-electron chi connectivity index (χ0n) is 6.91. The molecular weight excluding hydrogens is 152 g/mol. The summed E-state index contributed by atoms with van der Waals surface area (Å²) in [6.45, 7) is 3.60. The van der Waals surface area contributed by atoms with Gasteiger partial charge in [-0.3, -0.25) is 4.79 Å².